The molecule has 2 aliphatic heterocycles. The highest BCUT2D eigenvalue weighted by Gasteiger charge is 2.23. The van der Waals surface area contributed by atoms with E-state index in [4.69, 9.17) is 11.6 Å². The van der Waals surface area contributed by atoms with E-state index >= 15 is 0 Å². The molecule has 30 heavy (non-hydrogen) atoms. The van der Waals surface area contributed by atoms with Crippen LogP contribution in [0.25, 0.3) is 0 Å². The number of hydrogen-bond acceptors (Lipinski definition) is 4. The number of amides is 2. The highest BCUT2D eigenvalue weighted by Crippen LogP contribution is 2.27. The number of halogens is 3. The lowest BCUT2D eigenvalue weighted by Crippen LogP contribution is -2.50. The number of nitrogens with zero attached hydrogens (tertiary/aromatic N) is 2. The van der Waals surface area contributed by atoms with E-state index in [0.717, 1.165) is 16.9 Å². The lowest BCUT2D eigenvalue weighted by molar-refractivity contribution is -0.129. The molecule has 2 aromatic rings. The van der Waals surface area contributed by atoms with Crippen molar-refractivity contribution in [2.45, 2.75) is 12.8 Å². The van der Waals surface area contributed by atoms with Crippen molar-refractivity contribution in [3.8, 4) is 0 Å². The molecular weight excluding hydrogens is 414 g/mol. The molecule has 0 bridgehead atoms. The first kappa shape index (κ1) is 20.4. The summed E-state index contributed by atoms with van der Waals surface area (Å²) in [6, 6.07) is 8.04. The first-order valence-electron chi connectivity index (χ1n) is 9.74. The highest BCUT2D eigenvalue weighted by atomic mass is 35.5. The fourth-order valence-corrected chi connectivity index (χ4v) is 3.83. The van der Waals surface area contributed by atoms with Crippen molar-refractivity contribution in [1.29, 1.82) is 0 Å². The summed E-state index contributed by atoms with van der Waals surface area (Å²) in [6.07, 6.45) is 1.14. The first-order valence-corrected chi connectivity index (χ1v) is 10.1. The number of hydrogen-bond donors (Lipinski definition) is 2. The third kappa shape index (κ3) is 4.33. The van der Waals surface area contributed by atoms with Gasteiger partial charge in [-0.2, -0.15) is 0 Å². The minimum absolute atomic E-state index is 0.0154. The number of anilines is 3. The minimum Gasteiger partial charge on any atom is -0.376 e. The van der Waals surface area contributed by atoms with E-state index in [1.165, 1.54) is 12.1 Å². The van der Waals surface area contributed by atoms with Crippen LogP contribution in [0.3, 0.4) is 0 Å². The van der Waals surface area contributed by atoms with Crippen molar-refractivity contribution < 1.29 is 18.4 Å². The van der Waals surface area contributed by atoms with Gasteiger partial charge in [0.25, 0.3) is 0 Å². The normalized spacial score (nSPS) is 16.2. The number of piperazine rings is 1. The third-order valence-corrected chi connectivity index (χ3v) is 5.77. The van der Waals surface area contributed by atoms with Crippen LogP contribution in [-0.2, 0) is 16.0 Å². The maximum absolute atomic E-state index is 13.7. The predicted molar refractivity (Wildman–Crippen MR) is 112 cm³/mol. The molecule has 2 aliphatic rings. The topological polar surface area (TPSA) is 64.7 Å². The number of fused-ring (bicyclic) bond motifs is 1. The Morgan fingerprint density at radius 3 is 2.47 bits per heavy atom. The molecule has 158 valence electrons. The van der Waals surface area contributed by atoms with Gasteiger partial charge in [-0.15, -0.1) is 0 Å². The first-order chi connectivity index (χ1) is 14.4. The summed E-state index contributed by atoms with van der Waals surface area (Å²) < 4.78 is 27.4. The molecule has 1 saturated heterocycles. The van der Waals surface area contributed by atoms with Gasteiger partial charge in [-0.05, 0) is 42.3 Å². The zero-order valence-corrected chi connectivity index (χ0v) is 16.9. The van der Waals surface area contributed by atoms with Crippen LogP contribution in [-0.4, -0.2) is 49.4 Å². The summed E-state index contributed by atoms with van der Waals surface area (Å²) >= 11 is 5.54. The van der Waals surface area contributed by atoms with Gasteiger partial charge in [-0.3, -0.25) is 9.59 Å². The van der Waals surface area contributed by atoms with Crippen LogP contribution in [0.4, 0.5) is 25.8 Å². The number of rotatable bonds is 4. The second-order valence-electron chi connectivity index (χ2n) is 7.36. The summed E-state index contributed by atoms with van der Waals surface area (Å²) in [4.78, 5) is 27.5. The van der Waals surface area contributed by atoms with Crippen molar-refractivity contribution in [2.75, 3.05) is 48.3 Å². The van der Waals surface area contributed by atoms with Crippen molar-refractivity contribution in [1.82, 2.24) is 4.90 Å². The Morgan fingerprint density at radius 1 is 1.07 bits per heavy atom. The van der Waals surface area contributed by atoms with Gasteiger partial charge >= 0.3 is 0 Å². The highest BCUT2D eigenvalue weighted by molar-refractivity contribution is 6.31. The summed E-state index contributed by atoms with van der Waals surface area (Å²) in [5.74, 6) is -1.62. The molecule has 1 fully saturated rings. The fourth-order valence-electron chi connectivity index (χ4n) is 3.72. The molecule has 2 amide bonds. The molecule has 0 unspecified atom stereocenters. The molecule has 2 heterocycles. The van der Waals surface area contributed by atoms with Gasteiger partial charge in [0, 0.05) is 49.7 Å². The number of aryl methyl sites for hydroxylation is 1. The van der Waals surface area contributed by atoms with Gasteiger partial charge in [0.1, 0.15) is 16.7 Å². The Kier molecular flexibility index (Phi) is 5.76. The zero-order valence-electron chi connectivity index (χ0n) is 16.2. The van der Waals surface area contributed by atoms with Crippen LogP contribution < -0.4 is 15.5 Å². The van der Waals surface area contributed by atoms with Crippen LogP contribution in [0.1, 0.15) is 12.0 Å². The smallest absolute Gasteiger partial charge is 0.241 e. The van der Waals surface area contributed by atoms with Crippen molar-refractivity contribution in [3.05, 3.63) is 52.6 Å². The second kappa shape index (κ2) is 8.47. The van der Waals surface area contributed by atoms with Crippen molar-refractivity contribution in [3.63, 3.8) is 0 Å². The minimum atomic E-state index is -0.793. The van der Waals surface area contributed by atoms with Gasteiger partial charge in [0.05, 0.1) is 6.54 Å². The van der Waals surface area contributed by atoms with Crippen LogP contribution in [0, 0.1) is 11.6 Å². The lowest BCUT2D eigenvalue weighted by atomic mass is 10.0. The predicted octanol–water partition coefficient (Wildman–Crippen LogP) is 3.26. The van der Waals surface area contributed by atoms with E-state index in [0.29, 0.717) is 44.7 Å². The molecule has 9 heteroatoms. The number of nitrogens with one attached hydrogen (secondary N) is 2. The van der Waals surface area contributed by atoms with E-state index in [1.54, 1.807) is 4.90 Å². The van der Waals surface area contributed by atoms with Gasteiger partial charge in [-0.25, -0.2) is 8.78 Å². The Morgan fingerprint density at radius 2 is 1.77 bits per heavy atom. The zero-order chi connectivity index (χ0) is 21.3. The maximum Gasteiger partial charge on any atom is 0.241 e. The number of benzene rings is 2. The van der Waals surface area contributed by atoms with Crippen LogP contribution >= 0.6 is 11.6 Å². The summed E-state index contributed by atoms with van der Waals surface area (Å²) in [5, 5.41) is 5.46. The average Bonchev–Trinajstić information content (AvgIpc) is 2.75. The van der Waals surface area contributed by atoms with E-state index in [9.17, 15) is 18.4 Å². The Bertz CT molecular complexity index is 970. The molecule has 0 radical (unpaired) electrons. The molecule has 0 aromatic heterocycles. The van der Waals surface area contributed by atoms with E-state index in [2.05, 4.69) is 10.6 Å². The van der Waals surface area contributed by atoms with Crippen molar-refractivity contribution in [2.24, 2.45) is 0 Å². The third-order valence-electron chi connectivity index (χ3n) is 5.41. The fraction of sp³-hybridized carbons (Fsp3) is 0.333. The Balaban J connectivity index is 1.30. The average molecular weight is 435 g/mol. The van der Waals surface area contributed by atoms with Gasteiger partial charge in [0.2, 0.25) is 11.8 Å². The second-order valence-corrected chi connectivity index (χ2v) is 7.74. The lowest BCUT2D eigenvalue weighted by Gasteiger charge is -2.36. The number of carbonyl (C=O) groups excluding carboxylic acids is 2. The van der Waals surface area contributed by atoms with Crippen LogP contribution in [0.15, 0.2) is 30.3 Å². The summed E-state index contributed by atoms with van der Waals surface area (Å²) in [7, 11) is 0. The summed E-state index contributed by atoms with van der Waals surface area (Å²) in [5.41, 5.74) is 3.10. The van der Waals surface area contributed by atoms with E-state index in [1.807, 2.05) is 23.1 Å². The van der Waals surface area contributed by atoms with E-state index in [-0.39, 0.29) is 18.4 Å². The number of carbonyl (C=O) groups is 2. The summed E-state index contributed by atoms with van der Waals surface area (Å²) in [6.45, 7) is 2.02. The molecular formula is C21H21ClF2N4O2. The standard InChI is InChI=1S/C21H21ClF2N4O2/c22-21-16(23)10-15(11-17(21)24)27-5-7-28(8-6-27)20(30)12-25-14-2-3-18-13(9-14)1-4-19(29)26-18/h2-3,9-11,25H,1,4-8,12H2,(H,26,29). The SMILES string of the molecule is O=C1CCc2cc(NCC(=O)N3CCN(c4cc(F)c(Cl)c(F)c4)CC3)ccc2N1. The molecule has 0 spiro atoms. The van der Waals surface area contributed by atoms with Crippen LogP contribution in [0.2, 0.25) is 5.02 Å². The van der Waals surface area contributed by atoms with Crippen LogP contribution in [0.5, 0.6) is 0 Å². The molecule has 4 rings (SSSR count). The van der Waals surface area contributed by atoms with Gasteiger partial charge in [-0.1, -0.05) is 11.6 Å². The molecule has 0 aliphatic carbocycles. The quantitative estimate of drug-likeness (QED) is 0.725. The van der Waals surface area contributed by atoms with Gasteiger partial charge < -0.3 is 20.4 Å². The molecule has 2 aromatic carbocycles. The monoisotopic (exact) mass is 434 g/mol. The van der Waals surface area contributed by atoms with Gasteiger partial charge in [0.15, 0.2) is 0 Å². The maximum atomic E-state index is 13.7. The van der Waals surface area contributed by atoms with Crippen molar-refractivity contribution >= 4 is 40.5 Å². The largest absolute Gasteiger partial charge is 0.376 e. The molecule has 6 nitrogen and oxygen atoms in total. The molecule has 2 N–H and O–H groups in total. The Hall–Kier alpha value is -2.87. The Labute approximate surface area is 177 Å². The van der Waals surface area contributed by atoms with E-state index < -0.39 is 16.7 Å². The molecule has 0 saturated carbocycles. The molecule has 0 atom stereocenters.